The molecule has 5 heteroatoms. The molecule has 142 valence electrons. The Bertz CT molecular complexity index is 663. The number of carbonyl (C=O) groups excluding carboxylic acids is 1. The van der Waals surface area contributed by atoms with Gasteiger partial charge in [0.15, 0.2) is 0 Å². The monoisotopic (exact) mass is 357 g/mol. The summed E-state index contributed by atoms with van der Waals surface area (Å²) in [5, 5.41) is 0. The molecule has 0 radical (unpaired) electrons. The van der Waals surface area contributed by atoms with Crippen LogP contribution < -0.4 is 4.90 Å². The first-order valence-corrected chi connectivity index (χ1v) is 10.2. The summed E-state index contributed by atoms with van der Waals surface area (Å²) in [6.45, 7) is 9.67. The molecule has 0 unspecified atom stereocenters. The van der Waals surface area contributed by atoms with Crippen molar-refractivity contribution in [1.82, 2.24) is 9.80 Å². The van der Waals surface area contributed by atoms with E-state index in [4.69, 9.17) is 4.74 Å². The molecular formula is C21H31N3O2. The lowest BCUT2D eigenvalue weighted by atomic mass is 9.99. The molecule has 2 saturated heterocycles. The molecule has 26 heavy (non-hydrogen) atoms. The Morgan fingerprint density at radius 2 is 2.08 bits per heavy atom. The molecule has 0 bridgehead atoms. The van der Waals surface area contributed by atoms with E-state index in [-0.39, 0.29) is 6.09 Å². The molecule has 2 fully saturated rings. The standard InChI is InChI=1S/C21H31N3O2/c1-3-26-21(25)23-11-8-17-13-19(7-6-18(17)14-23)22-12-9-20(15-22)24-10-4-5-16(24)2/h6-7,13,16,20H,3-5,8-12,14-15H2,1-2H3/t16-,20-/m0/s1. The average Bonchev–Trinajstić information content (AvgIpc) is 3.29. The molecule has 1 amide bonds. The molecule has 0 aromatic heterocycles. The van der Waals surface area contributed by atoms with Crippen LogP contribution in [0.3, 0.4) is 0 Å². The fourth-order valence-electron chi connectivity index (χ4n) is 4.85. The van der Waals surface area contributed by atoms with Crippen LogP contribution in [0.25, 0.3) is 0 Å². The van der Waals surface area contributed by atoms with E-state index in [9.17, 15) is 4.79 Å². The topological polar surface area (TPSA) is 36.0 Å². The minimum absolute atomic E-state index is 0.190. The highest BCUT2D eigenvalue weighted by atomic mass is 16.6. The number of amides is 1. The minimum Gasteiger partial charge on any atom is -0.450 e. The zero-order valence-corrected chi connectivity index (χ0v) is 16.1. The summed E-state index contributed by atoms with van der Waals surface area (Å²) in [7, 11) is 0. The van der Waals surface area contributed by atoms with E-state index in [1.165, 1.54) is 42.6 Å². The maximum atomic E-state index is 12.0. The summed E-state index contributed by atoms with van der Waals surface area (Å²) in [5.74, 6) is 0. The maximum Gasteiger partial charge on any atom is 0.410 e. The van der Waals surface area contributed by atoms with Crippen molar-refractivity contribution in [3.05, 3.63) is 29.3 Å². The van der Waals surface area contributed by atoms with E-state index >= 15 is 0 Å². The van der Waals surface area contributed by atoms with E-state index < -0.39 is 0 Å². The molecule has 2 atom stereocenters. The predicted octanol–water partition coefficient (Wildman–Crippen LogP) is 3.26. The fraction of sp³-hybridized carbons (Fsp3) is 0.667. The third-order valence-corrected chi connectivity index (χ3v) is 6.33. The Kier molecular flexibility index (Phi) is 5.07. The number of ether oxygens (including phenoxy) is 1. The second-order valence-corrected chi connectivity index (χ2v) is 7.94. The maximum absolute atomic E-state index is 12.0. The largest absolute Gasteiger partial charge is 0.450 e. The van der Waals surface area contributed by atoms with Gasteiger partial charge in [-0.3, -0.25) is 4.90 Å². The minimum atomic E-state index is -0.190. The first-order valence-electron chi connectivity index (χ1n) is 10.2. The average molecular weight is 357 g/mol. The third kappa shape index (κ3) is 3.41. The smallest absolute Gasteiger partial charge is 0.410 e. The fourth-order valence-corrected chi connectivity index (χ4v) is 4.85. The van der Waals surface area contributed by atoms with Crippen molar-refractivity contribution in [2.24, 2.45) is 0 Å². The highest BCUT2D eigenvalue weighted by molar-refractivity contribution is 5.68. The van der Waals surface area contributed by atoms with Crippen LogP contribution in [0.15, 0.2) is 18.2 Å². The van der Waals surface area contributed by atoms with E-state index in [0.717, 1.165) is 32.1 Å². The van der Waals surface area contributed by atoms with Gasteiger partial charge < -0.3 is 14.5 Å². The Labute approximate surface area is 156 Å². The molecule has 3 aliphatic heterocycles. The SMILES string of the molecule is CCOC(=O)N1CCc2cc(N3CC[C@H](N4CCC[C@@H]4C)C3)ccc2C1. The van der Waals surface area contributed by atoms with Crippen molar-refractivity contribution < 1.29 is 9.53 Å². The number of hydrogen-bond acceptors (Lipinski definition) is 4. The number of anilines is 1. The van der Waals surface area contributed by atoms with Gasteiger partial charge >= 0.3 is 6.09 Å². The Hall–Kier alpha value is -1.75. The van der Waals surface area contributed by atoms with E-state index in [2.05, 4.69) is 34.9 Å². The van der Waals surface area contributed by atoms with Crippen LogP contribution in [0.1, 0.15) is 44.2 Å². The molecule has 3 heterocycles. The molecule has 0 spiro atoms. The predicted molar refractivity (Wildman–Crippen MR) is 104 cm³/mol. The molecule has 5 nitrogen and oxygen atoms in total. The summed E-state index contributed by atoms with van der Waals surface area (Å²) in [5.41, 5.74) is 4.00. The van der Waals surface area contributed by atoms with Crippen molar-refractivity contribution in [2.45, 2.75) is 58.2 Å². The zero-order valence-electron chi connectivity index (χ0n) is 16.1. The van der Waals surface area contributed by atoms with E-state index in [1.54, 1.807) is 0 Å². The molecule has 3 aliphatic rings. The summed E-state index contributed by atoms with van der Waals surface area (Å²) in [6.07, 6.45) is 4.71. The second kappa shape index (κ2) is 7.47. The van der Waals surface area contributed by atoms with Crippen LogP contribution in [0, 0.1) is 0 Å². The number of likely N-dealkylation sites (tertiary alicyclic amines) is 1. The molecule has 4 rings (SSSR count). The van der Waals surface area contributed by atoms with Crippen molar-refractivity contribution in [1.29, 1.82) is 0 Å². The lowest BCUT2D eigenvalue weighted by molar-refractivity contribution is 0.102. The van der Waals surface area contributed by atoms with Gasteiger partial charge in [0.2, 0.25) is 0 Å². The number of fused-ring (bicyclic) bond motifs is 1. The number of nitrogens with zero attached hydrogens (tertiary/aromatic N) is 3. The quantitative estimate of drug-likeness (QED) is 0.832. The summed E-state index contributed by atoms with van der Waals surface area (Å²) < 4.78 is 5.14. The van der Waals surface area contributed by atoms with Crippen molar-refractivity contribution in [3.63, 3.8) is 0 Å². The summed E-state index contributed by atoms with van der Waals surface area (Å²) in [4.78, 5) is 19.0. The number of benzene rings is 1. The molecule has 0 aliphatic carbocycles. The van der Waals surface area contributed by atoms with Gasteiger partial charge in [-0.25, -0.2) is 4.79 Å². The van der Waals surface area contributed by atoms with Crippen LogP contribution in [-0.2, 0) is 17.7 Å². The molecule has 0 N–H and O–H groups in total. The van der Waals surface area contributed by atoms with E-state index in [0.29, 0.717) is 19.2 Å². The van der Waals surface area contributed by atoms with Crippen LogP contribution in [-0.4, -0.2) is 60.8 Å². The Morgan fingerprint density at radius 3 is 2.85 bits per heavy atom. The molecule has 1 aromatic carbocycles. The molecule has 0 saturated carbocycles. The number of rotatable bonds is 3. The van der Waals surface area contributed by atoms with Gasteiger partial charge in [0.05, 0.1) is 6.61 Å². The van der Waals surface area contributed by atoms with Crippen LogP contribution in [0.5, 0.6) is 0 Å². The second-order valence-electron chi connectivity index (χ2n) is 7.94. The zero-order chi connectivity index (χ0) is 18.1. The number of hydrogen-bond donors (Lipinski definition) is 0. The number of carbonyl (C=O) groups is 1. The highest BCUT2D eigenvalue weighted by Crippen LogP contribution is 2.30. The van der Waals surface area contributed by atoms with Gasteiger partial charge in [-0.05, 0) is 69.3 Å². The third-order valence-electron chi connectivity index (χ3n) is 6.33. The lowest BCUT2D eigenvalue weighted by Gasteiger charge is -2.30. The van der Waals surface area contributed by atoms with Crippen molar-refractivity contribution in [3.8, 4) is 0 Å². The normalized spacial score (nSPS) is 26.2. The van der Waals surface area contributed by atoms with Crippen LogP contribution in [0.4, 0.5) is 10.5 Å². The first-order chi connectivity index (χ1) is 12.7. The highest BCUT2D eigenvalue weighted by Gasteiger charge is 2.33. The van der Waals surface area contributed by atoms with Gasteiger partial charge in [-0.2, -0.15) is 0 Å². The van der Waals surface area contributed by atoms with Gasteiger partial charge in [0, 0.05) is 44.0 Å². The van der Waals surface area contributed by atoms with E-state index in [1.807, 2.05) is 11.8 Å². The van der Waals surface area contributed by atoms with Crippen LogP contribution in [0.2, 0.25) is 0 Å². The Balaban J connectivity index is 1.41. The van der Waals surface area contributed by atoms with Crippen molar-refractivity contribution >= 4 is 11.8 Å². The van der Waals surface area contributed by atoms with Gasteiger partial charge in [-0.15, -0.1) is 0 Å². The summed E-state index contributed by atoms with van der Waals surface area (Å²) in [6, 6.07) is 8.26. The molecular weight excluding hydrogens is 326 g/mol. The van der Waals surface area contributed by atoms with Gasteiger partial charge in [0.25, 0.3) is 0 Å². The van der Waals surface area contributed by atoms with Gasteiger partial charge in [0.1, 0.15) is 0 Å². The molecule has 1 aromatic rings. The summed E-state index contributed by atoms with van der Waals surface area (Å²) >= 11 is 0. The van der Waals surface area contributed by atoms with Crippen LogP contribution >= 0.6 is 0 Å². The van der Waals surface area contributed by atoms with Gasteiger partial charge in [-0.1, -0.05) is 6.07 Å². The van der Waals surface area contributed by atoms with Crippen molar-refractivity contribution in [2.75, 3.05) is 37.7 Å². The first kappa shape index (κ1) is 17.7. The lowest BCUT2D eigenvalue weighted by Crippen LogP contribution is -2.39. The Morgan fingerprint density at radius 1 is 1.19 bits per heavy atom.